The van der Waals surface area contributed by atoms with Crippen molar-refractivity contribution in [3.63, 3.8) is 0 Å². The number of hydrogen-bond donors (Lipinski definition) is 2. The van der Waals surface area contributed by atoms with E-state index in [1.165, 1.54) is 0 Å². The highest BCUT2D eigenvalue weighted by Crippen LogP contribution is 2.29. The maximum absolute atomic E-state index is 5.93. The fraction of sp³-hybridized carbons (Fsp3) is 0.231. The van der Waals surface area contributed by atoms with Gasteiger partial charge in [0.2, 0.25) is 11.8 Å². The monoisotopic (exact) mass is 312 g/mol. The summed E-state index contributed by atoms with van der Waals surface area (Å²) in [4.78, 5) is 8.09. The Hall–Kier alpha value is -1.72. The molecule has 0 saturated heterocycles. The van der Waals surface area contributed by atoms with Crippen LogP contribution in [0.2, 0.25) is 10.0 Å². The van der Waals surface area contributed by atoms with Crippen LogP contribution in [0, 0.1) is 0 Å². The second-order valence-corrected chi connectivity index (χ2v) is 4.87. The lowest BCUT2D eigenvalue weighted by atomic mass is 10.3. The Balaban J connectivity index is 2.19. The van der Waals surface area contributed by atoms with Crippen LogP contribution >= 0.6 is 23.2 Å². The minimum atomic E-state index is 0.140. The van der Waals surface area contributed by atoms with Gasteiger partial charge >= 0.3 is 0 Å². The minimum Gasteiger partial charge on any atom is -0.439 e. The van der Waals surface area contributed by atoms with E-state index in [-0.39, 0.29) is 5.95 Å². The predicted molar refractivity (Wildman–Crippen MR) is 81.8 cm³/mol. The van der Waals surface area contributed by atoms with Crippen molar-refractivity contribution in [2.75, 3.05) is 17.6 Å². The Bertz CT molecular complexity index is 607. The largest absolute Gasteiger partial charge is 0.439 e. The number of rotatable bonds is 5. The van der Waals surface area contributed by atoms with Crippen molar-refractivity contribution in [2.45, 2.75) is 13.3 Å². The van der Waals surface area contributed by atoms with Crippen LogP contribution in [0.5, 0.6) is 11.6 Å². The first-order valence-corrected chi connectivity index (χ1v) is 6.85. The zero-order valence-electron chi connectivity index (χ0n) is 10.9. The molecule has 0 aliphatic carbocycles. The molecule has 3 N–H and O–H groups in total. The van der Waals surface area contributed by atoms with Crippen molar-refractivity contribution in [1.29, 1.82) is 0 Å². The fourth-order valence-electron chi connectivity index (χ4n) is 1.50. The minimum absolute atomic E-state index is 0.140. The number of nitrogen functional groups attached to an aromatic ring is 1. The number of ether oxygens (including phenoxy) is 1. The highest BCUT2D eigenvalue weighted by molar-refractivity contribution is 6.42. The summed E-state index contributed by atoms with van der Waals surface area (Å²) in [5.74, 6) is 1.63. The van der Waals surface area contributed by atoms with Gasteiger partial charge in [0.15, 0.2) is 0 Å². The average Bonchev–Trinajstić information content (AvgIpc) is 2.40. The van der Waals surface area contributed by atoms with Crippen molar-refractivity contribution in [1.82, 2.24) is 9.97 Å². The molecule has 0 atom stereocenters. The normalized spacial score (nSPS) is 10.3. The van der Waals surface area contributed by atoms with Crippen molar-refractivity contribution in [3.8, 4) is 11.6 Å². The van der Waals surface area contributed by atoms with Crippen LogP contribution in [0.3, 0.4) is 0 Å². The van der Waals surface area contributed by atoms with E-state index in [0.717, 1.165) is 13.0 Å². The molecule has 5 nitrogen and oxygen atoms in total. The van der Waals surface area contributed by atoms with Crippen LogP contribution in [0.25, 0.3) is 0 Å². The number of aromatic nitrogens is 2. The first-order chi connectivity index (χ1) is 9.58. The third-order valence-electron chi connectivity index (χ3n) is 2.39. The highest BCUT2D eigenvalue weighted by atomic mass is 35.5. The first-order valence-electron chi connectivity index (χ1n) is 6.10. The fourth-order valence-corrected chi connectivity index (χ4v) is 1.79. The Morgan fingerprint density at radius 3 is 2.70 bits per heavy atom. The molecule has 7 heteroatoms. The number of benzene rings is 1. The summed E-state index contributed by atoms with van der Waals surface area (Å²) in [6.45, 7) is 2.85. The van der Waals surface area contributed by atoms with Gasteiger partial charge in [-0.3, -0.25) is 0 Å². The summed E-state index contributed by atoms with van der Waals surface area (Å²) in [5, 5.41) is 4.00. The SMILES string of the molecule is CCCNc1cc(Oc2ccc(Cl)c(Cl)c2)nc(N)n1. The summed E-state index contributed by atoms with van der Waals surface area (Å²) in [7, 11) is 0. The molecule has 0 fully saturated rings. The van der Waals surface area contributed by atoms with Gasteiger partial charge in [0, 0.05) is 18.7 Å². The summed E-state index contributed by atoms with van der Waals surface area (Å²) >= 11 is 11.8. The Labute approximate surface area is 127 Å². The van der Waals surface area contributed by atoms with Gasteiger partial charge in [-0.05, 0) is 18.6 Å². The summed E-state index contributed by atoms with van der Waals surface area (Å²) in [6.07, 6.45) is 0.979. The topological polar surface area (TPSA) is 73.1 Å². The first kappa shape index (κ1) is 14.7. The Kier molecular flexibility index (Phi) is 4.87. The van der Waals surface area contributed by atoms with Crippen molar-refractivity contribution >= 4 is 35.0 Å². The molecule has 0 bridgehead atoms. The molecule has 0 saturated carbocycles. The molecule has 2 aromatic rings. The average molecular weight is 313 g/mol. The number of nitrogens with zero attached hydrogens (tertiary/aromatic N) is 2. The second kappa shape index (κ2) is 6.63. The van der Waals surface area contributed by atoms with E-state index >= 15 is 0 Å². The van der Waals surface area contributed by atoms with Crippen LogP contribution in [-0.4, -0.2) is 16.5 Å². The van der Waals surface area contributed by atoms with E-state index in [4.69, 9.17) is 33.7 Å². The van der Waals surface area contributed by atoms with Gasteiger partial charge in [-0.2, -0.15) is 9.97 Å². The van der Waals surface area contributed by atoms with E-state index in [2.05, 4.69) is 22.2 Å². The molecule has 0 amide bonds. The van der Waals surface area contributed by atoms with E-state index in [1.807, 2.05) is 0 Å². The highest BCUT2D eigenvalue weighted by Gasteiger charge is 2.06. The van der Waals surface area contributed by atoms with Gasteiger partial charge < -0.3 is 15.8 Å². The Morgan fingerprint density at radius 2 is 2.00 bits per heavy atom. The molecule has 0 aliphatic heterocycles. The molecular formula is C13H14Cl2N4O. The van der Waals surface area contributed by atoms with Crippen molar-refractivity contribution < 1.29 is 4.74 Å². The quantitative estimate of drug-likeness (QED) is 0.873. The molecule has 0 aliphatic rings. The molecule has 2 rings (SSSR count). The van der Waals surface area contributed by atoms with Crippen molar-refractivity contribution in [3.05, 3.63) is 34.3 Å². The maximum Gasteiger partial charge on any atom is 0.226 e. The lowest BCUT2D eigenvalue weighted by molar-refractivity contribution is 0.463. The third-order valence-corrected chi connectivity index (χ3v) is 3.13. The Morgan fingerprint density at radius 1 is 1.20 bits per heavy atom. The van der Waals surface area contributed by atoms with E-state index in [9.17, 15) is 0 Å². The van der Waals surface area contributed by atoms with Gasteiger partial charge in [0.25, 0.3) is 0 Å². The number of anilines is 2. The molecule has 1 heterocycles. The molecule has 1 aromatic carbocycles. The lowest BCUT2D eigenvalue weighted by Gasteiger charge is -2.09. The molecule has 0 unspecified atom stereocenters. The van der Waals surface area contributed by atoms with E-state index in [1.54, 1.807) is 24.3 Å². The number of hydrogen-bond acceptors (Lipinski definition) is 5. The van der Waals surface area contributed by atoms with Gasteiger partial charge in [0.1, 0.15) is 11.6 Å². The van der Waals surface area contributed by atoms with E-state index in [0.29, 0.717) is 27.5 Å². The van der Waals surface area contributed by atoms with Gasteiger partial charge in [-0.1, -0.05) is 30.1 Å². The molecule has 20 heavy (non-hydrogen) atoms. The zero-order chi connectivity index (χ0) is 14.5. The molecule has 1 aromatic heterocycles. The molecule has 106 valence electrons. The van der Waals surface area contributed by atoms with Gasteiger partial charge in [-0.15, -0.1) is 0 Å². The lowest BCUT2D eigenvalue weighted by Crippen LogP contribution is -2.05. The van der Waals surface area contributed by atoms with Crippen LogP contribution in [0.4, 0.5) is 11.8 Å². The smallest absolute Gasteiger partial charge is 0.226 e. The van der Waals surface area contributed by atoms with E-state index < -0.39 is 0 Å². The predicted octanol–water partition coefficient (Wildman–Crippen LogP) is 3.98. The standard InChI is InChI=1S/C13H14Cl2N4O/c1-2-5-17-11-7-12(19-13(16)18-11)20-8-3-4-9(14)10(15)6-8/h3-4,6-7H,2,5H2,1H3,(H3,16,17,18,19). The van der Waals surface area contributed by atoms with Crippen LogP contribution < -0.4 is 15.8 Å². The molecule has 0 spiro atoms. The zero-order valence-corrected chi connectivity index (χ0v) is 12.4. The third kappa shape index (κ3) is 3.88. The summed E-state index contributed by atoms with van der Waals surface area (Å²) in [6, 6.07) is 6.64. The number of halogens is 2. The molecule has 0 radical (unpaired) electrons. The van der Waals surface area contributed by atoms with Crippen LogP contribution in [-0.2, 0) is 0 Å². The number of nitrogens with one attached hydrogen (secondary N) is 1. The summed E-state index contributed by atoms with van der Waals surface area (Å²) < 4.78 is 5.60. The second-order valence-electron chi connectivity index (χ2n) is 4.05. The number of nitrogens with two attached hydrogens (primary N) is 1. The van der Waals surface area contributed by atoms with Crippen LogP contribution in [0.1, 0.15) is 13.3 Å². The maximum atomic E-state index is 5.93. The van der Waals surface area contributed by atoms with Gasteiger partial charge in [-0.25, -0.2) is 0 Å². The molecular weight excluding hydrogens is 299 g/mol. The van der Waals surface area contributed by atoms with Gasteiger partial charge in [0.05, 0.1) is 10.0 Å². The van der Waals surface area contributed by atoms with Crippen LogP contribution in [0.15, 0.2) is 24.3 Å². The summed E-state index contributed by atoms with van der Waals surface area (Å²) in [5.41, 5.74) is 5.65. The van der Waals surface area contributed by atoms with Crippen molar-refractivity contribution in [2.24, 2.45) is 0 Å².